The van der Waals surface area contributed by atoms with Crippen LogP contribution in [0.25, 0.3) is 0 Å². The minimum atomic E-state index is -3.29. The second-order valence-corrected chi connectivity index (χ2v) is 8.46. The molecule has 1 heterocycles. The van der Waals surface area contributed by atoms with E-state index in [-0.39, 0.29) is 16.7 Å². The summed E-state index contributed by atoms with van der Waals surface area (Å²) in [6, 6.07) is 4.80. The molecule has 1 aromatic carbocycles. The van der Waals surface area contributed by atoms with Crippen molar-refractivity contribution in [2.75, 3.05) is 42.8 Å². The first kappa shape index (κ1) is 20.0. The predicted octanol–water partition coefficient (Wildman–Crippen LogP) is 2.34. The van der Waals surface area contributed by atoms with E-state index < -0.39 is 10.0 Å². The predicted molar refractivity (Wildman–Crippen MR) is 102 cm³/mol. The van der Waals surface area contributed by atoms with Crippen LogP contribution in [0.1, 0.15) is 37.0 Å². The maximum absolute atomic E-state index is 12.3. The summed E-state index contributed by atoms with van der Waals surface area (Å²) < 4.78 is 25.7. The zero-order chi connectivity index (χ0) is 18.4. The number of likely N-dealkylation sites (N-methyl/N-ethyl adjacent to an activating group) is 1. The SMILES string of the molecule is CCN(CC)CCNC(=O)c1ccc(N2CCCCS2(=O)=O)cc1Cl. The van der Waals surface area contributed by atoms with Crippen LogP contribution < -0.4 is 9.62 Å². The first-order valence-corrected chi connectivity index (χ1v) is 10.7. The number of benzene rings is 1. The van der Waals surface area contributed by atoms with E-state index in [1.165, 1.54) is 4.31 Å². The highest BCUT2D eigenvalue weighted by Gasteiger charge is 2.26. The van der Waals surface area contributed by atoms with Crippen LogP contribution in [0.4, 0.5) is 5.69 Å². The maximum Gasteiger partial charge on any atom is 0.252 e. The normalized spacial score (nSPS) is 16.9. The zero-order valence-corrected chi connectivity index (χ0v) is 16.4. The standard InChI is InChI=1S/C17H26ClN3O3S/c1-3-20(4-2)11-9-19-17(22)15-8-7-14(13-16(15)18)21-10-5-6-12-25(21,23)24/h7-8,13H,3-6,9-12H2,1-2H3,(H,19,22). The van der Waals surface area contributed by atoms with E-state index in [0.717, 1.165) is 26.1 Å². The third-order valence-electron chi connectivity index (χ3n) is 4.44. The Kier molecular flexibility index (Phi) is 7.10. The van der Waals surface area contributed by atoms with Crippen LogP contribution in [0.5, 0.6) is 0 Å². The molecule has 1 N–H and O–H groups in total. The van der Waals surface area contributed by atoms with Gasteiger partial charge in [-0.1, -0.05) is 25.4 Å². The van der Waals surface area contributed by atoms with Crippen molar-refractivity contribution in [3.05, 3.63) is 28.8 Å². The van der Waals surface area contributed by atoms with Gasteiger partial charge in [-0.05, 0) is 44.1 Å². The molecule has 1 amide bonds. The highest BCUT2D eigenvalue weighted by molar-refractivity contribution is 7.92. The van der Waals surface area contributed by atoms with Crippen molar-refractivity contribution < 1.29 is 13.2 Å². The topological polar surface area (TPSA) is 69.7 Å². The largest absolute Gasteiger partial charge is 0.351 e. The molecule has 1 aromatic rings. The van der Waals surface area contributed by atoms with E-state index >= 15 is 0 Å². The van der Waals surface area contributed by atoms with E-state index in [2.05, 4.69) is 24.1 Å². The molecule has 8 heteroatoms. The molecule has 2 rings (SSSR count). The van der Waals surface area contributed by atoms with Crippen LogP contribution in [-0.4, -0.2) is 57.7 Å². The second-order valence-electron chi connectivity index (χ2n) is 6.04. The van der Waals surface area contributed by atoms with Crippen LogP contribution >= 0.6 is 11.6 Å². The van der Waals surface area contributed by atoms with Crippen molar-refractivity contribution in [2.45, 2.75) is 26.7 Å². The Bertz CT molecular complexity index is 705. The molecule has 0 bridgehead atoms. The molecule has 0 aliphatic carbocycles. The Morgan fingerprint density at radius 3 is 2.60 bits per heavy atom. The third-order valence-corrected chi connectivity index (χ3v) is 6.62. The molecule has 0 unspecified atom stereocenters. The number of rotatable bonds is 7. The van der Waals surface area contributed by atoms with Gasteiger partial charge in [0.1, 0.15) is 0 Å². The molecule has 0 aromatic heterocycles. The molecule has 0 atom stereocenters. The molecular weight excluding hydrogens is 362 g/mol. The monoisotopic (exact) mass is 387 g/mol. The van der Waals surface area contributed by atoms with E-state index in [1.807, 2.05) is 0 Å². The summed E-state index contributed by atoms with van der Waals surface area (Å²) in [5, 5.41) is 3.12. The first-order chi connectivity index (χ1) is 11.9. The molecule has 1 aliphatic heterocycles. The van der Waals surface area contributed by atoms with Gasteiger partial charge in [0.25, 0.3) is 5.91 Å². The van der Waals surface area contributed by atoms with Gasteiger partial charge in [-0.3, -0.25) is 9.10 Å². The molecule has 0 spiro atoms. The Balaban J connectivity index is 2.05. The van der Waals surface area contributed by atoms with E-state index in [1.54, 1.807) is 18.2 Å². The molecular formula is C17H26ClN3O3S. The average Bonchev–Trinajstić information content (AvgIpc) is 2.58. The number of carbonyl (C=O) groups is 1. The smallest absolute Gasteiger partial charge is 0.252 e. The van der Waals surface area contributed by atoms with Crippen molar-refractivity contribution >= 4 is 33.2 Å². The van der Waals surface area contributed by atoms with Crippen molar-refractivity contribution in [2.24, 2.45) is 0 Å². The lowest BCUT2D eigenvalue weighted by Crippen LogP contribution is -2.38. The van der Waals surface area contributed by atoms with Gasteiger partial charge in [0.2, 0.25) is 10.0 Å². The second kappa shape index (κ2) is 8.87. The lowest BCUT2D eigenvalue weighted by atomic mass is 10.2. The van der Waals surface area contributed by atoms with Crippen LogP contribution in [0.15, 0.2) is 18.2 Å². The van der Waals surface area contributed by atoms with Crippen LogP contribution in [0.3, 0.4) is 0 Å². The van der Waals surface area contributed by atoms with Crippen molar-refractivity contribution in [3.8, 4) is 0 Å². The maximum atomic E-state index is 12.3. The highest BCUT2D eigenvalue weighted by Crippen LogP contribution is 2.28. The minimum absolute atomic E-state index is 0.151. The van der Waals surface area contributed by atoms with Gasteiger partial charge in [-0.15, -0.1) is 0 Å². The third kappa shape index (κ3) is 5.09. The Morgan fingerprint density at radius 2 is 2.00 bits per heavy atom. The van der Waals surface area contributed by atoms with Crippen molar-refractivity contribution in [1.29, 1.82) is 0 Å². The summed E-state index contributed by atoms with van der Waals surface area (Å²) in [6.07, 6.45) is 1.50. The molecule has 0 radical (unpaired) electrons. The number of hydrogen-bond acceptors (Lipinski definition) is 4. The highest BCUT2D eigenvalue weighted by atomic mass is 35.5. The van der Waals surface area contributed by atoms with Gasteiger partial charge >= 0.3 is 0 Å². The molecule has 25 heavy (non-hydrogen) atoms. The quantitative estimate of drug-likeness (QED) is 0.779. The summed E-state index contributed by atoms with van der Waals surface area (Å²) in [5.41, 5.74) is 0.878. The number of nitrogens with zero attached hydrogens (tertiary/aromatic N) is 2. The zero-order valence-electron chi connectivity index (χ0n) is 14.8. The van der Waals surface area contributed by atoms with Gasteiger partial charge in [-0.2, -0.15) is 0 Å². The summed E-state index contributed by atoms with van der Waals surface area (Å²) in [5.74, 6) is -0.0942. The fraction of sp³-hybridized carbons (Fsp3) is 0.588. The summed E-state index contributed by atoms with van der Waals surface area (Å²) >= 11 is 6.24. The van der Waals surface area contributed by atoms with Gasteiger partial charge in [0, 0.05) is 19.6 Å². The van der Waals surface area contributed by atoms with Crippen molar-refractivity contribution in [3.63, 3.8) is 0 Å². The molecule has 140 valence electrons. The molecule has 1 saturated heterocycles. The lowest BCUT2D eigenvalue weighted by molar-refractivity contribution is 0.0949. The number of nitrogens with one attached hydrogen (secondary N) is 1. The number of hydrogen-bond donors (Lipinski definition) is 1. The number of anilines is 1. The molecule has 0 saturated carbocycles. The van der Waals surface area contributed by atoms with Gasteiger partial charge in [0.05, 0.1) is 22.0 Å². The molecule has 6 nitrogen and oxygen atoms in total. The van der Waals surface area contributed by atoms with Crippen LogP contribution in [0.2, 0.25) is 5.02 Å². The molecule has 1 aliphatic rings. The van der Waals surface area contributed by atoms with Crippen LogP contribution in [0, 0.1) is 0 Å². The van der Waals surface area contributed by atoms with Gasteiger partial charge in [0.15, 0.2) is 0 Å². The Labute approximate surface area is 155 Å². The van der Waals surface area contributed by atoms with Gasteiger partial charge in [-0.25, -0.2) is 8.42 Å². The fourth-order valence-electron chi connectivity index (χ4n) is 2.88. The number of sulfonamides is 1. The molecule has 1 fully saturated rings. The lowest BCUT2D eigenvalue weighted by Gasteiger charge is -2.28. The number of carbonyl (C=O) groups excluding carboxylic acids is 1. The van der Waals surface area contributed by atoms with Gasteiger partial charge < -0.3 is 10.2 Å². The Morgan fingerprint density at radius 1 is 1.28 bits per heavy atom. The van der Waals surface area contributed by atoms with E-state index in [9.17, 15) is 13.2 Å². The average molecular weight is 388 g/mol. The summed E-state index contributed by atoms with van der Waals surface area (Å²) in [7, 11) is -3.29. The number of halogens is 1. The summed E-state index contributed by atoms with van der Waals surface area (Å²) in [4.78, 5) is 14.5. The Hall–Kier alpha value is -1.31. The fourth-order valence-corrected chi connectivity index (χ4v) is 4.78. The van der Waals surface area contributed by atoms with E-state index in [0.29, 0.717) is 30.8 Å². The first-order valence-electron chi connectivity index (χ1n) is 8.69. The number of amides is 1. The summed E-state index contributed by atoms with van der Waals surface area (Å²) in [6.45, 7) is 7.80. The minimum Gasteiger partial charge on any atom is -0.351 e. The van der Waals surface area contributed by atoms with Crippen molar-refractivity contribution in [1.82, 2.24) is 10.2 Å². The van der Waals surface area contributed by atoms with E-state index in [4.69, 9.17) is 11.6 Å². The van der Waals surface area contributed by atoms with Crippen LogP contribution in [-0.2, 0) is 10.0 Å².